The smallest absolute Gasteiger partial charge is 0.237 e. The first kappa shape index (κ1) is 19.1. The predicted octanol–water partition coefficient (Wildman–Crippen LogP) is 5.29. The molecule has 146 valence electrons. The number of amides is 1. The lowest BCUT2D eigenvalue weighted by molar-refractivity contribution is -0.115. The molecule has 1 unspecified atom stereocenters. The van der Waals surface area contributed by atoms with Gasteiger partial charge in [0.15, 0.2) is 11.6 Å². The van der Waals surface area contributed by atoms with Crippen LogP contribution in [0.2, 0.25) is 0 Å². The predicted molar refractivity (Wildman–Crippen MR) is 108 cm³/mol. The maximum atomic E-state index is 13.8. The fraction of sp³-hybridized carbons (Fsp3) is 0.0952. The van der Waals surface area contributed by atoms with E-state index in [4.69, 9.17) is 4.42 Å². The van der Waals surface area contributed by atoms with Gasteiger partial charge in [0, 0.05) is 11.5 Å². The van der Waals surface area contributed by atoms with Crippen LogP contribution in [0, 0.1) is 11.6 Å². The lowest BCUT2D eigenvalue weighted by Crippen LogP contribution is -2.23. The molecule has 29 heavy (non-hydrogen) atoms. The van der Waals surface area contributed by atoms with Crippen molar-refractivity contribution in [2.75, 3.05) is 5.32 Å². The van der Waals surface area contributed by atoms with Gasteiger partial charge in [-0.15, -0.1) is 0 Å². The van der Waals surface area contributed by atoms with E-state index in [2.05, 4.69) is 15.3 Å². The van der Waals surface area contributed by atoms with E-state index in [1.54, 1.807) is 19.1 Å². The molecule has 8 heteroatoms. The first-order valence-corrected chi connectivity index (χ1v) is 9.62. The lowest BCUT2D eigenvalue weighted by Gasteiger charge is -2.14. The maximum absolute atomic E-state index is 13.8. The number of rotatable bonds is 5. The summed E-state index contributed by atoms with van der Waals surface area (Å²) in [7, 11) is 0. The lowest BCUT2D eigenvalue weighted by atomic mass is 10.2. The quantitative estimate of drug-likeness (QED) is 0.357. The molecule has 0 fully saturated rings. The fourth-order valence-electron chi connectivity index (χ4n) is 2.70. The second-order valence-electron chi connectivity index (χ2n) is 6.22. The number of hydrogen-bond donors (Lipinski definition) is 1. The second kappa shape index (κ2) is 8.00. The molecule has 0 spiro atoms. The van der Waals surface area contributed by atoms with E-state index in [0.717, 1.165) is 17.5 Å². The van der Waals surface area contributed by atoms with Crippen molar-refractivity contribution in [3.63, 3.8) is 0 Å². The van der Waals surface area contributed by atoms with Crippen LogP contribution in [0.1, 0.15) is 6.92 Å². The van der Waals surface area contributed by atoms with Gasteiger partial charge >= 0.3 is 0 Å². The zero-order valence-electron chi connectivity index (χ0n) is 15.2. The Kier molecular flexibility index (Phi) is 5.26. The monoisotopic (exact) mass is 411 g/mol. The number of thioether (sulfide) groups is 1. The first-order valence-electron chi connectivity index (χ1n) is 8.74. The average molecular weight is 411 g/mol. The molecule has 0 aliphatic carbocycles. The van der Waals surface area contributed by atoms with Crippen molar-refractivity contribution >= 4 is 34.3 Å². The van der Waals surface area contributed by atoms with Gasteiger partial charge in [-0.1, -0.05) is 30.0 Å². The van der Waals surface area contributed by atoms with Crippen LogP contribution >= 0.6 is 11.8 Å². The summed E-state index contributed by atoms with van der Waals surface area (Å²) in [6.45, 7) is 1.69. The summed E-state index contributed by atoms with van der Waals surface area (Å²) in [5, 5.41) is 3.28. The maximum Gasteiger partial charge on any atom is 0.237 e. The number of carbonyl (C=O) groups is 1. The molecule has 0 aliphatic heterocycles. The molecule has 2 aromatic heterocycles. The Balaban J connectivity index is 1.61. The Morgan fingerprint density at radius 2 is 1.93 bits per heavy atom. The van der Waals surface area contributed by atoms with E-state index in [9.17, 15) is 13.6 Å². The van der Waals surface area contributed by atoms with Gasteiger partial charge in [-0.3, -0.25) is 4.79 Å². The summed E-state index contributed by atoms with van der Waals surface area (Å²) in [5.41, 5.74) is 0.640. The highest BCUT2D eigenvalue weighted by Gasteiger charge is 2.20. The van der Waals surface area contributed by atoms with Crippen LogP contribution in [0.5, 0.6) is 0 Å². The minimum Gasteiger partial charge on any atom is -0.461 e. The topological polar surface area (TPSA) is 68.0 Å². The number of benzene rings is 2. The number of carbonyl (C=O) groups excluding carboxylic acids is 1. The molecule has 0 aliphatic rings. The van der Waals surface area contributed by atoms with Crippen LogP contribution in [-0.2, 0) is 4.79 Å². The SMILES string of the molecule is CC(Sc1nc(-c2ccco2)nc2ccccc12)C(=O)Nc1ccc(F)cc1F. The second-order valence-corrected chi connectivity index (χ2v) is 7.55. The van der Waals surface area contributed by atoms with E-state index in [-0.39, 0.29) is 5.69 Å². The summed E-state index contributed by atoms with van der Waals surface area (Å²) in [4.78, 5) is 21.6. The van der Waals surface area contributed by atoms with E-state index in [0.29, 0.717) is 22.1 Å². The normalized spacial score (nSPS) is 12.1. The number of halogens is 2. The molecule has 2 heterocycles. The van der Waals surface area contributed by atoms with Crippen molar-refractivity contribution in [3.8, 4) is 11.6 Å². The molecule has 2 aromatic carbocycles. The largest absolute Gasteiger partial charge is 0.461 e. The average Bonchev–Trinajstić information content (AvgIpc) is 3.25. The molecule has 5 nitrogen and oxygen atoms in total. The van der Waals surface area contributed by atoms with E-state index in [1.165, 1.54) is 24.1 Å². The van der Waals surface area contributed by atoms with Gasteiger partial charge in [-0.2, -0.15) is 0 Å². The number of para-hydroxylation sites is 1. The molecule has 4 aromatic rings. The van der Waals surface area contributed by atoms with Crippen molar-refractivity contribution < 1.29 is 18.0 Å². The minimum atomic E-state index is -0.830. The van der Waals surface area contributed by atoms with E-state index >= 15 is 0 Å². The third-order valence-corrected chi connectivity index (χ3v) is 5.26. The Bertz CT molecular complexity index is 1180. The molecular weight excluding hydrogens is 396 g/mol. The highest BCUT2D eigenvalue weighted by Crippen LogP contribution is 2.31. The van der Waals surface area contributed by atoms with E-state index < -0.39 is 22.8 Å². The fourth-order valence-corrected chi connectivity index (χ4v) is 3.64. The van der Waals surface area contributed by atoms with Gasteiger partial charge in [-0.25, -0.2) is 18.7 Å². The van der Waals surface area contributed by atoms with Crippen molar-refractivity contribution in [2.45, 2.75) is 17.2 Å². The highest BCUT2D eigenvalue weighted by atomic mass is 32.2. The third kappa shape index (κ3) is 4.12. The summed E-state index contributed by atoms with van der Waals surface area (Å²) >= 11 is 1.22. The van der Waals surface area contributed by atoms with Crippen LogP contribution in [0.15, 0.2) is 70.3 Å². The van der Waals surface area contributed by atoms with Crippen molar-refractivity contribution in [2.24, 2.45) is 0 Å². The Labute approximate surface area is 169 Å². The van der Waals surface area contributed by atoms with Gasteiger partial charge in [0.2, 0.25) is 5.91 Å². The van der Waals surface area contributed by atoms with Gasteiger partial charge in [0.25, 0.3) is 0 Å². The number of aromatic nitrogens is 2. The number of anilines is 1. The van der Waals surface area contributed by atoms with Crippen LogP contribution in [0.25, 0.3) is 22.5 Å². The van der Waals surface area contributed by atoms with Crippen LogP contribution in [-0.4, -0.2) is 21.1 Å². The van der Waals surface area contributed by atoms with Gasteiger partial charge in [-0.05, 0) is 37.3 Å². The third-order valence-electron chi connectivity index (χ3n) is 4.16. The molecule has 0 saturated heterocycles. The molecular formula is C21H15F2N3O2S. The zero-order valence-corrected chi connectivity index (χ0v) is 16.0. The van der Waals surface area contributed by atoms with Crippen molar-refractivity contribution in [1.82, 2.24) is 9.97 Å². The Hall–Kier alpha value is -3.26. The molecule has 0 bridgehead atoms. The van der Waals surface area contributed by atoms with Gasteiger partial charge in [0.05, 0.1) is 22.7 Å². The Morgan fingerprint density at radius 1 is 1.10 bits per heavy atom. The molecule has 4 rings (SSSR count). The summed E-state index contributed by atoms with van der Waals surface area (Å²) < 4.78 is 32.3. The first-order chi connectivity index (χ1) is 14.0. The van der Waals surface area contributed by atoms with Gasteiger partial charge in [0.1, 0.15) is 16.7 Å². The number of fused-ring (bicyclic) bond motifs is 1. The van der Waals surface area contributed by atoms with Gasteiger partial charge < -0.3 is 9.73 Å². The van der Waals surface area contributed by atoms with Crippen LogP contribution < -0.4 is 5.32 Å². The Morgan fingerprint density at radius 3 is 2.69 bits per heavy atom. The van der Waals surface area contributed by atoms with E-state index in [1.807, 2.05) is 24.3 Å². The zero-order chi connectivity index (χ0) is 20.4. The molecule has 0 radical (unpaired) electrons. The number of nitrogens with zero attached hydrogens (tertiary/aromatic N) is 2. The number of nitrogens with one attached hydrogen (secondary N) is 1. The summed E-state index contributed by atoms with van der Waals surface area (Å²) in [5.74, 6) is -1.04. The van der Waals surface area contributed by atoms with Crippen LogP contribution in [0.4, 0.5) is 14.5 Å². The highest BCUT2D eigenvalue weighted by molar-refractivity contribution is 8.00. The number of furan rings is 1. The molecule has 1 amide bonds. The molecule has 0 saturated carbocycles. The number of hydrogen-bond acceptors (Lipinski definition) is 5. The van der Waals surface area contributed by atoms with Crippen molar-refractivity contribution in [1.29, 1.82) is 0 Å². The van der Waals surface area contributed by atoms with Crippen LogP contribution in [0.3, 0.4) is 0 Å². The standard InChI is InChI=1S/C21H15F2N3O2S/c1-12(20(27)25-17-9-8-13(22)11-15(17)23)29-21-14-5-2-3-6-16(14)24-19(26-21)18-7-4-10-28-18/h2-12H,1H3,(H,25,27). The summed E-state index contributed by atoms with van der Waals surface area (Å²) in [6, 6.07) is 13.9. The molecule has 1 N–H and O–H groups in total. The summed E-state index contributed by atoms with van der Waals surface area (Å²) in [6.07, 6.45) is 1.54. The van der Waals surface area contributed by atoms with Crippen molar-refractivity contribution in [3.05, 3.63) is 72.5 Å². The molecule has 1 atom stereocenters. The minimum absolute atomic E-state index is 0.0762.